The molecule has 0 amide bonds. The van der Waals surface area contributed by atoms with Crippen LogP contribution in [0.2, 0.25) is 0 Å². The Morgan fingerprint density at radius 3 is 2.44 bits per heavy atom. The molecule has 1 aromatic heterocycles. The molecule has 4 heteroatoms. The average molecular weight is 261 g/mol. The minimum atomic E-state index is -0.843. The normalized spacial score (nSPS) is 10.6. The van der Waals surface area contributed by atoms with Gasteiger partial charge in [-0.3, -0.25) is 4.79 Å². The zero-order valence-electron chi connectivity index (χ0n) is 10.7. The van der Waals surface area contributed by atoms with E-state index in [-0.39, 0.29) is 6.42 Å². The smallest absolute Gasteiger partial charge is 0.309 e. The molecule has 0 spiro atoms. The number of aliphatic carboxylic acids is 1. The first-order valence-electron chi connectivity index (χ1n) is 5.71. The van der Waals surface area contributed by atoms with E-state index in [1.54, 1.807) is 5.51 Å². The number of nitrogens with zero attached hydrogens (tertiary/aromatic N) is 1. The van der Waals surface area contributed by atoms with E-state index in [0.29, 0.717) is 5.69 Å². The van der Waals surface area contributed by atoms with Crippen molar-refractivity contribution < 1.29 is 9.90 Å². The van der Waals surface area contributed by atoms with Crippen molar-refractivity contribution >= 4 is 17.3 Å². The van der Waals surface area contributed by atoms with Crippen molar-refractivity contribution in [2.45, 2.75) is 27.2 Å². The Morgan fingerprint density at radius 2 is 1.89 bits per heavy atom. The predicted molar refractivity (Wildman–Crippen MR) is 73.1 cm³/mol. The topological polar surface area (TPSA) is 50.2 Å². The summed E-state index contributed by atoms with van der Waals surface area (Å²) in [6.45, 7) is 6.17. The minimum Gasteiger partial charge on any atom is -0.481 e. The van der Waals surface area contributed by atoms with Gasteiger partial charge >= 0.3 is 5.97 Å². The summed E-state index contributed by atoms with van der Waals surface area (Å²) >= 11 is 1.50. The highest BCUT2D eigenvalue weighted by Crippen LogP contribution is 2.34. The van der Waals surface area contributed by atoms with Crippen LogP contribution in [0, 0.1) is 20.8 Å². The van der Waals surface area contributed by atoms with Gasteiger partial charge in [0.1, 0.15) is 0 Å². The second-order valence-corrected chi connectivity index (χ2v) is 5.33. The van der Waals surface area contributed by atoms with Crippen molar-refractivity contribution in [3.8, 4) is 10.4 Å². The summed E-state index contributed by atoms with van der Waals surface area (Å²) in [6.07, 6.45) is -0.0222. The molecule has 0 radical (unpaired) electrons. The molecule has 0 saturated heterocycles. The third kappa shape index (κ3) is 2.43. The maximum absolute atomic E-state index is 10.8. The number of benzene rings is 1. The maximum Gasteiger partial charge on any atom is 0.309 e. The summed E-state index contributed by atoms with van der Waals surface area (Å²) in [4.78, 5) is 16.0. The van der Waals surface area contributed by atoms with E-state index in [2.05, 4.69) is 37.9 Å². The van der Waals surface area contributed by atoms with Crippen molar-refractivity contribution in [3.63, 3.8) is 0 Å². The molecule has 2 aromatic rings. The average Bonchev–Trinajstić information content (AvgIpc) is 2.63. The molecule has 1 N–H and O–H groups in total. The minimum absolute atomic E-state index is 0.0222. The molecular weight excluding hydrogens is 246 g/mol. The van der Waals surface area contributed by atoms with Crippen LogP contribution >= 0.6 is 11.3 Å². The summed E-state index contributed by atoms with van der Waals surface area (Å²) in [6, 6.07) is 4.24. The van der Waals surface area contributed by atoms with Crippen molar-refractivity contribution in [2.75, 3.05) is 0 Å². The molecule has 0 unspecified atom stereocenters. The third-order valence-electron chi connectivity index (χ3n) is 2.86. The molecule has 2 rings (SSSR count). The van der Waals surface area contributed by atoms with Crippen LogP contribution in [0.25, 0.3) is 10.4 Å². The lowest BCUT2D eigenvalue weighted by atomic mass is 9.97. The largest absolute Gasteiger partial charge is 0.481 e. The number of rotatable bonds is 3. The van der Waals surface area contributed by atoms with Crippen LogP contribution in [-0.4, -0.2) is 16.1 Å². The zero-order chi connectivity index (χ0) is 13.3. The summed E-state index contributed by atoms with van der Waals surface area (Å²) in [5.41, 5.74) is 7.05. The van der Waals surface area contributed by atoms with Crippen molar-refractivity contribution in [1.82, 2.24) is 4.98 Å². The SMILES string of the molecule is Cc1cc(C)c(-c2scnc2CC(=O)O)c(C)c1. The Bertz CT molecular complexity index is 579. The molecule has 1 aromatic carbocycles. The van der Waals surface area contributed by atoms with E-state index >= 15 is 0 Å². The van der Waals surface area contributed by atoms with E-state index in [4.69, 9.17) is 5.11 Å². The molecule has 0 atom stereocenters. The second kappa shape index (κ2) is 4.90. The van der Waals surface area contributed by atoms with Crippen LogP contribution in [0.15, 0.2) is 17.6 Å². The monoisotopic (exact) mass is 261 g/mol. The highest BCUT2D eigenvalue weighted by atomic mass is 32.1. The molecule has 0 aliphatic heterocycles. The quantitative estimate of drug-likeness (QED) is 0.921. The third-order valence-corrected chi connectivity index (χ3v) is 3.75. The van der Waals surface area contributed by atoms with Gasteiger partial charge in [-0.2, -0.15) is 0 Å². The van der Waals surface area contributed by atoms with Gasteiger partial charge in [0, 0.05) is 0 Å². The van der Waals surface area contributed by atoms with Crippen molar-refractivity contribution in [1.29, 1.82) is 0 Å². The lowest BCUT2D eigenvalue weighted by Gasteiger charge is -2.10. The Morgan fingerprint density at radius 1 is 1.28 bits per heavy atom. The van der Waals surface area contributed by atoms with Crippen LogP contribution in [-0.2, 0) is 11.2 Å². The van der Waals surface area contributed by atoms with E-state index in [1.807, 2.05) is 0 Å². The van der Waals surface area contributed by atoms with Gasteiger partial charge in [0.2, 0.25) is 0 Å². The first kappa shape index (κ1) is 12.8. The molecule has 18 heavy (non-hydrogen) atoms. The van der Waals surface area contributed by atoms with Crippen LogP contribution in [0.4, 0.5) is 0 Å². The number of hydrogen-bond donors (Lipinski definition) is 1. The van der Waals surface area contributed by atoms with Gasteiger partial charge in [0.25, 0.3) is 0 Å². The summed E-state index contributed by atoms with van der Waals surface area (Å²) in [7, 11) is 0. The van der Waals surface area contributed by atoms with Crippen LogP contribution in [0.1, 0.15) is 22.4 Å². The van der Waals surface area contributed by atoms with Crippen molar-refractivity contribution in [2.24, 2.45) is 0 Å². The number of carboxylic acids is 1. The molecule has 1 heterocycles. The summed E-state index contributed by atoms with van der Waals surface area (Å²) in [5.74, 6) is -0.843. The Hall–Kier alpha value is -1.68. The fourth-order valence-electron chi connectivity index (χ4n) is 2.28. The van der Waals surface area contributed by atoms with Gasteiger partial charge in [0.15, 0.2) is 0 Å². The van der Waals surface area contributed by atoms with E-state index in [9.17, 15) is 4.79 Å². The molecular formula is C14H15NO2S. The molecule has 0 saturated carbocycles. The number of carboxylic acid groups (broad SMARTS) is 1. The van der Waals surface area contributed by atoms with Gasteiger partial charge in [-0.1, -0.05) is 17.7 Å². The highest BCUT2D eigenvalue weighted by Gasteiger charge is 2.15. The summed E-state index contributed by atoms with van der Waals surface area (Å²) in [5, 5.41) is 8.90. The number of hydrogen-bond acceptors (Lipinski definition) is 3. The predicted octanol–water partition coefficient (Wildman–Crippen LogP) is 3.36. The van der Waals surface area contributed by atoms with Crippen molar-refractivity contribution in [3.05, 3.63) is 40.0 Å². The zero-order valence-corrected chi connectivity index (χ0v) is 11.5. The fraction of sp³-hybridized carbons (Fsp3) is 0.286. The van der Waals surface area contributed by atoms with Gasteiger partial charge in [-0.05, 0) is 37.5 Å². The fourth-order valence-corrected chi connectivity index (χ4v) is 3.27. The van der Waals surface area contributed by atoms with Gasteiger partial charge < -0.3 is 5.11 Å². The number of thiazole rings is 1. The van der Waals surface area contributed by atoms with E-state index in [0.717, 1.165) is 10.4 Å². The summed E-state index contributed by atoms with van der Waals surface area (Å²) < 4.78 is 0. The highest BCUT2D eigenvalue weighted by molar-refractivity contribution is 7.13. The molecule has 0 aliphatic carbocycles. The molecule has 0 bridgehead atoms. The second-order valence-electron chi connectivity index (χ2n) is 4.47. The standard InChI is InChI=1S/C14H15NO2S/c1-8-4-9(2)13(10(3)5-8)14-11(6-12(16)17)15-7-18-14/h4-5,7H,6H2,1-3H3,(H,16,17). The first-order valence-corrected chi connectivity index (χ1v) is 6.59. The van der Waals surface area contributed by atoms with Crippen LogP contribution < -0.4 is 0 Å². The van der Waals surface area contributed by atoms with Gasteiger partial charge in [-0.15, -0.1) is 11.3 Å². The number of carbonyl (C=O) groups is 1. The lowest BCUT2D eigenvalue weighted by Crippen LogP contribution is -2.02. The molecule has 3 nitrogen and oxygen atoms in total. The first-order chi connectivity index (χ1) is 8.49. The Kier molecular flexibility index (Phi) is 3.48. The van der Waals surface area contributed by atoms with E-state index in [1.165, 1.54) is 28.0 Å². The number of aryl methyl sites for hydroxylation is 3. The Labute approximate surface area is 110 Å². The van der Waals surface area contributed by atoms with Gasteiger partial charge in [0.05, 0.1) is 22.5 Å². The molecule has 0 fully saturated rings. The van der Waals surface area contributed by atoms with Crippen LogP contribution in [0.3, 0.4) is 0 Å². The lowest BCUT2D eigenvalue weighted by molar-refractivity contribution is -0.136. The Balaban J connectivity index is 2.56. The molecule has 0 aliphatic rings. The maximum atomic E-state index is 10.8. The number of aromatic nitrogens is 1. The molecule has 94 valence electrons. The van der Waals surface area contributed by atoms with Gasteiger partial charge in [-0.25, -0.2) is 4.98 Å². The van der Waals surface area contributed by atoms with Crippen LogP contribution in [0.5, 0.6) is 0 Å². The van der Waals surface area contributed by atoms with E-state index < -0.39 is 5.97 Å².